The van der Waals surface area contributed by atoms with Gasteiger partial charge in [-0.3, -0.25) is 9.52 Å². The monoisotopic (exact) mass is 553 g/mol. The van der Waals surface area contributed by atoms with Crippen molar-refractivity contribution in [1.29, 1.82) is 0 Å². The quantitative estimate of drug-likeness (QED) is 0.333. The molecule has 2 aliphatic rings. The van der Waals surface area contributed by atoms with Crippen LogP contribution in [0.2, 0.25) is 0 Å². The first-order valence-electron chi connectivity index (χ1n) is 12.7. The lowest BCUT2D eigenvalue weighted by Gasteiger charge is -2.18. The highest BCUT2D eigenvalue weighted by Gasteiger charge is 2.29. The van der Waals surface area contributed by atoms with Crippen molar-refractivity contribution in [2.45, 2.75) is 25.7 Å². The number of halogens is 2. The molecule has 2 saturated heterocycles. The molecule has 10 nitrogen and oxygen atoms in total. The number of aromatic nitrogens is 4. The number of rotatable bonds is 7. The number of nitrogens with zero attached hydrogens (tertiary/aromatic N) is 5. The molecular weight excluding hydrogens is 528 g/mol. The zero-order chi connectivity index (χ0) is 27.1. The Bertz CT molecular complexity index is 1660. The molecular formula is C26H25F2N7O3S. The van der Waals surface area contributed by atoms with Gasteiger partial charge in [0.05, 0.1) is 11.3 Å². The maximum atomic E-state index is 15.5. The summed E-state index contributed by atoms with van der Waals surface area (Å²) in [5, 5.41) is 0.350. The van der Waals surface area contributed by atoms with Crippen molar-refractivity contribution in [3.05, 3.63) is 65.7 Å². The number of H-pyrrole nitrogens is 1. The SMILES string of the molecule is O=C(c1c(F)ccc(NS(=O)(=O)N2CCCC2)c1F)c1c[nH]c2ncc(-c3cnc(N4CCCC4)nc3)cc12. The lowest BCUT2D eigenvalue weighted by molar-refractivity contribution is 0.103. The first-order chi connectivity index (χ1) is 18.8. The minimum absolute atomic E-state index is 0.00805. The number of aromatic amines is 1. The van der Waals surface area contributed by atoms with Crippen LogP contribution in [0.1, 0.15) is 41.6 Å². The number of nitrogens with one attached hydrogen (secondary N) is 2. The van der Waals surface area contributed by atoms with Gasteiger partial charge in [0, 0.05) is 73.0 Å². The molecule has 2 fully saturated rings. The van der Waals surface area contributed by atoms with Crippen LogP contribution in [0, 0.1) is 11.6 Å². The van der Waals surface area contributed by atoms with Gasteiger partial charge in [-0.15, -0.1) is 0 Å². The summed E-state index contributed by atoms with van der Waals surface area (Å²) in [6.07, 6.45) is 9.87. The maximum absolute atomic E-state index is 15.5. The molecule has 2 N–H and O–H groups in total. The fourth-order valence-corrected chi connectivity index (χ4v) is 6.31. The van der Waals surface area contributed by atoms with E-state index in [2.05, 4.69) is 29.6 Å². The van der Waals surface area contributed by atoms with E-state index in [-0.39, 0.29) is 5.56 Å². The van der Waals surface area contributed by atoms with Crippen LogP contribution >= 0.6 is 0 Å². The van der Waals surface area contributed by atoms with Crippen molar-refractivity contribution < 1.29 is 22.0 Å². The van der Waals surface area contributed by atoms with Crippen LogP contribution < -0.4 is 9.62 Å². The van der Waals surface area contributed by atoms with Crippen molar-refractivity contribution in [2.24, 2.45) is 0 Å². The van der Waals surface area contributed by atoms with Crippen LogP contribution in [-0.2, 0) is 10.2 Å². The highest BCUT2D eigenvalue weighted by Crippen LogP contribution is 2.30. The van der Waals surface area contributed by atoms with E-state index in [9.17, 15) is 17.6 Å². The Labute approximate surface area is 223 Å². The zero-order valence-corrected chi connectivity index (χ0v) is 21.6. The van der Waals surface area contributed by atoms with E-state index in [4.69, 9.17) is 0 Å². The molecule has 2 aliphatic heterocycles. The third kappa shape index (κ3) is 4.72. The summed E-state index contributed by atoms with van der Waals surface area (Å²) < 4.78 is 58.9. The maximum Gasteiger partial charge on any atom is 0.301 e. The molecule has 0 atom stereocenters. The second-order valence-electron chi connectivity index (χ2n) is 9.61. The number of hydrogen-bond acceptors (Lipinski definition) is 7. The lowest BCUT2D eigenvalue weighted by atomic mass is 10.0. The van der Waals surface area contributed by atoms with Gasteiger partial charge in [0.1, 0.15) is 11.5 Å². The average molecular weight is 554 g/mol. The first-order valence-corrected chi connectivity index (χ1v) is 14.1. The molecule has 0 radical (unpaired) electrons. The average Bonchev–Trinajstić information content (AvgIpc) is 3.72. The summed E-state index contributed by atoms with van der Waals surface area (Å²) in [5.74, 6) is -2.69. The number of fused-ring (bicyclic) bond motifs is 1. The van der Waals surface area contributed by atoms with Gasteiger partial charge in [-0.05, 0) is 43.9 Å². The standard InChI is InChI=1S/C26H25F2N7O3S/c27-20-5-6-21(33-39(37,38)35-9-3-4-10-35)23(28)22(20)24(36)19-15-30-25-18(19)11-16(12-29-25)17-13-31-26(32-14-17)34-7-1-2-8-34/h5-6,11-15,33H,1-4,7-10H2,(H,29,30). The van der Waals surface area contributed by atoms with Gasteiger partial charge in [-0.25, -0.2) is 23.7 Å². The number of benzene rings is 1. The second kappa shape index (κ2) is 9.97. The van der Waals surface area contributed by atoms with Crippen molar-refractivity contribution >= 4 is 38.7 Å². The number of carbonyl (C=O) groups is 1. The predicted molar refractivity (Wildman–Crippen MR) is 142 cm³/mol. The highest BCUT2D eigenvalue weighted by atomic mass is 32.2. The van der Waals surface area contributed by atoms with Crippen LogP contribution in [0.3, 0.4) is 0 Å². The molecule has 0 unspecified atom stereocenters. The summed E-state index contributed by atoms with van der Waals surface area (Å²) in [6.45, 7) is 2.44. The zero-order valence-electron chi connectivity index (χ0n) is 20.8. The largest absolute Gasteiger partial charge is 0.345 e. The van der Waals surface area contributed by atoms with Crippen LogP contribution in [0.15, 0.2) is 43.0 Å². The third-order valence-corrected chi connectivity index (χ3v) is 8.62. The van der Waals surface area contributed by atoms with Crippen molar-refractivity contribution in [1.82, 2.24) is 24.2 Å². The van der Waals surface area contributed by atoms with Crippen molar-refractivity contribution in [3.63, 3.8) is 0 Å². The molecule has 13 heteroatoms. The summed E-state index contributed by atoms with van der Waals surface area (Å²) >= 11 is 0. The topological polar surface area (TPSA) is 124 Å². The Balaban J connectivity index is 1.32. The number of carbonyl (C=O) groups excluding carboxylic acids is 1. The highest BCUT2D eigenvalue weighted by molar-refractivity contribution is 7.90. The van der Waals surface area contributed by atoms with E-state index < -0.39 is 38.9 Å². The molecule has 39 heavy (non-hydrogen) atoms. The number of ketones is 1. The summed E-state index contributed by atoms with van der Waals surface area (Å²) in [4.78, 5) is 31.7. The van der Waals surface area contributed by atoms with Gasteiger partial charge in [0.25, 0.3) is 0 Å². The van der Waals surface area contributed by atoms with E-state index in [1.54, 1.807) is 24.7 Å². The Hall–Kier alpha value is -3.97. The smallest absolute Gasteiger partial charge is 0.301 e. The van der Waals surface area contributed by atoms with E-state index in [1.165, 1.54) is 10.5 Å². The van der Waals surface area contributed by atoms with Crippen LogP contribution in [0.4, 0.5) is 20.4 Å². The van der Waals surface area contributed by atoms with Crippen LogP contribution in [0.25, 0.3) is 22.2 Å². The van der Waals surface area contributed by atoms with E-state index >= 15 is 4.39 Å². The number of hydrogen-bond donors (Lipinski definition) is 2. The van der Waals surface area contributed by atoms with E-state index in [0.29, 0.717) is 54.0 Å². The predicted octanol–water partition coefficient (Wildman–Crippen LogP) is 3.88. The number of anilines is 2. The molecule has 5 heterocycles. The van der Waals surface area contributed by atoms with Crippen LogP contribution in [0.5, 0.6) is 0 Å². The first kappa shape index (κ1) is 25.3. The Kier molecular flexibility index (Phi) is 6.47. The minimum atomic E-state index is -4.05. The van der Waals surface area contributed by atoms with Gasteiger partial charge < -0.3 is 9.88 Å². The van der Waals surface area contributed by atoms with E-state index in [0.717, 1.165) is 38.1 Å². The molecule has 0 aliphatic carbocycles. The van der Waals surface area contributed by atoms with Crippen molar-refractivity contribution in [3.8, 4) is 11.1 Å². The molecule has 0 amide bonds. The normalized spacial score (nSPS) is 16.3. The molecule has 0 bridgehead atoms. The molecule has 1 aromatic carbocycles. The fraction of sp³-hybridized carbons (Fsp3) is 0.308. The van der Waals surface area contributed by atoms with Gasteiger partial charge in [0.15, 0.2) is 5.82 Å². The fourth-order valence-electron chi connectivity index (χ4n) is 5.01. The van der Waals surface area contributed by atoms with Gasteiger partial charge in [0.2, 0.25) is 11.7 Å². The van der Waals surface area contributed by atoms with Gasteiger partial charge in [-0.1, -0.05) is 0 Å². The summed E-state index contributed by atoms with van der Waals surface area (Å²) in [5.41, 5.74) is 0.274. The lowest BCUT2D eigenvalue weighted by Crippen LogP contribution is -2.33. The summed E-state index contributed by atoms with van der Waals surface area (Å²) in [7, 11) is -4.05. The molecule has 3 aromatic heterocycles. The Morgan fingerprint density at radius 3 is 2.31 bits per heavy atom. The number of pyridine rings is 1. The molecule has 4 aromatic rings. The molecule has 0 spiro atoms. The second-order valence-corrected chi connectivity index (χ2v) is 11.3. The molecule has 6 rings (SSSR count). The van der Waals surface area contributed by atoms with E-state index in [1.807, 2.05) is 0 Å². The van der Waals surface area contributed by atoms with Crippen LogP contribution in [-0.4, -0.2) is 64.6 Å². The van der Waals surface area contributed by atoms with Gasteiger partial charge in [-0.2, -0.15) is 12.7 Å². The van der Waals surface area contributed by atoms with Gasteiger partial charge >= 0.3 is 10.2 Å². The Morgan fingerprint density at radius 1 is 0.923 bits per heavy atom. The molecule has 202 valence electrons. The summed E-state index contributed by atoms with van der Waals surface area (Å²) in [6, 6.07) is 3.52. The minimum Gasteiger partial charge on any atom is -0.345 e. The Morgan fingerprint density at radius 2 is 1.59 bits per heavy atom. The third-order valence-electron chi connectivity index (χ3n) is 7.10. The molecule has 0 saturated carbocycles. The van der Waals surface area contributed by atoms with Crippen molar-refractivity contribution in [2.75, 3.05) is 35.8 Å².